The Labute approximate surface area is 317 Å². The second-order valence-electron chi connectivity index (χ2n) is 14.1. The summed E-state index contributed by atoms with van der Waals surface area (Å²) in [5, 5.41) is 6.95. The fraction of sp³-hybridized carbons (Fsp3) is 0. The Morgan fingerprint density at radius 3 is 1.62 bits per heavy atom. The van der Waals surface area contributed by atoms with Gasteiger partial charge in [-0.3, -0.25) is 0 Å². The van der Waals surface area contributed by atoms with Gasteiger partial charge in [-0.05, 0) is 111 Å². The monoisotopic (exact) mass is 703 g/mol. The molecule has 0 saturated heterocycles. The first kappa shape index (κ1) is 31.2. The van der Waals surface area contributed by atoms with Crippen molar-refractivity contribution in [3.05, 3.63) is 200 Å². The van der Waals surface area contributed by atoms with Gasteiger partial charge >= 0.3 is 0 Å². The molecule has 11 rings (SSSR count). The minimum Gasteiger partial charge on any atom is -0.456 e. The molecule has 11 aromatic rings. The summed E-state index contributed by atoms with van der Waals surface area (Å²) in [5.41, 5.74) is 13.8. The van der Waals surface area contributed by atoms with Crippen LogP contribution < -0.4 is 4.90 Å². The first-order valence-electron chi connectivity index (χ1n) is 18.7. The van der Waals surface area contributed by atoms with Gasteiger partial charge in [0.05, 0.1) is 11.1 Å². The maximum absolute atomic E-state index is 6.37. The zero-order valence-corrected chi connectivity index (χ0v) is 29.8. The molecule has 0 aliphatic heterocycles. The minimum atomic E-state index is 0.864. The largest absolute Gasteiger partial charge is 0.456 e. The van der Waals surface area contributed by atoms with Crippen molar-refractivity contribution in [1.29, 1.82) is 0 Å². The summed E-state index contributed by atoms with van der Waals surface area (Å²) in [5.74, 6) is 0. The van der Waals surface area contributed by atoms with Crippen molar-refractivity contribution in [2.24, 2.45) is 0 Å². The molecule has 0 aliphatic carbocycles. The molecule has 2 aromatic heterocycles. The van der Waals surface area contributed by atoms with E-state index in [1.54, 1.807) is 0 Å². The molecule has 258 valence electrons. The Kier molecular flexibility index (Phi) is 7.17. The van der Waals surface area contributed by atoms with Crippen molar-refractivity contribution in [1.82, 2.24) is 0 Å². The average Bonchev–Trinajstić information content (AvgIpc) is 3.83. The van der Waals surface area contributed by atoms with E-state index >= 15 is 0 Å². The van der Waals surface area contributed by atoms with E-state index in [9.17, 15) is 0 Å². The Morgan fingerprint density at radius 1 is 0.309 bits per heavy atom. The van der Waals surface area contributed by atoms with Gasteiger partial charge in [-0.1, -0.05) is 133 Å². The van der Waals surface area contributed by atoms with Crippen LogP contribution in [0.3, 0.4) is 0 Å². The van der Waals surface area contributed by atoms with Gasteiger partial charge in [-0.2, -0.15) is 0 Å². The SMILES string of the molecule is c1cc(-c2ccc(N(c3ccc(-c4ccc5oc6ccccc6c5c4)cc3)c3cccc4oc5ccccc5c34)cc2)cc(-c2cccc3ccccc23)c1. The quantitative estimate of drug-likeness (QED) is 0.173. The van der Waals surface area contributed by atoms with Crippen LogP contribution in [0.25, 0.3) is 88.0 Å². The third-order valence-corrected chi connectivity index (χ3v) is 10.9. The van der Waals surface area contributed by atoms with Crippen molar-refractivity contribution in [3.8, 4) is 33.4 Å². The van der Waals surface area contributed by atoms with Crippen LogP contribution in [0.5, 0.6) is 0 Å². The van der Waals surface area contributed by atoms with Gasteiger partial charge in [0.15, 0.2) is 0 Å². The molecule has 55 heavy (non-hydrogen) atoms. The van der Waals surface area contributed by atoms with E-state index < -0.39 is 0 Å². The summed E-state index contributed by atoms with van der Waals surface area (Å²) in [7, 11) is 0. The van der Waals surface area contributed by atoms with Crippen LogP contribution >= 0.6 is 0 Å². The molecule has 0 unspecified atom stereocenters. The highest BCUT2D eigenvalue weighted by molar-refractivity contribution is 6.13. The fourth-order valence-electron chi connectivity index (χ4n) is 8.22. The number of rotatable bonds is 6. The molecule has 0 atom stereocenters. The highest BCUT2D eigenvalue weighted by Crippen LogP contribution is 2.44. The number of furan rings is 2. The molecule has 0 radical (unpaired) electrons. The Morgan fingerprint density at radius 2 is 0.836 bits per heavy atom. The van der Waals surface area contributed by atoms with E-state index in [2.05, 4.69) is 181 Å². The van der Waals surface area contributed by atoms with Crippen molar-refractivity contribution in [2.45, 2.75) is 0 Å². The molecule has 0 fully saturated rings. The Balaban J connectivity index is 1.01. The third-order valence-electron chi connectivity index (χ3n) is 10.9. The lowest BCUT2D eigenvalue weighted by Gasteiger charge is -2.26. The number of para-hydroxylation sites is 2. The number of benzene rings is 9. The van der Waals surface area contributed by atoms with Crippen molar-refractivity contribution in [2.75, 3.05) is 4.90 Å². The van der Waals surface area contributed by atoms with E-state index in [0.29, 0.717) is 0 Å². The Bertz CT molecular complexity index is 3200. The van der Waals surface area contributed by atoms with Crippen LogP contribution in [0.4, 0.5) is 17.1 Å². The van der Waals surface area contributed by atoms with Gasteiger partial charge < -0.3 is 13.7 Å². The fourth-order valence-corrected chi connectivity index (χ4v) is 8.22. The zero-order chi connectivity index (χ0) is 36.3. The lowest BCUT2D eigenvalue weighted by atomic mass is 9.95. The lowest BCUT2D eigenvalue weighted by molar-refractivity contribution is 0.668. The van der Waals surface area contributed by atoms with E-state index in [1.165, 1.54) is 27.5 Å². The number of nitrogens with zero attached hydrogens (tertiary/aromatic N) is 1. The summed E-state index contributed by atoms with van der Waals surface area (Å²) in [6.07, 6.45) is 0. The third kappa shape index (κ3) is 5.28. The first-order valence-corrected chi connectivity index (χ1v) is 18.7. The number of hydrogen-bond acceptors (Lipinski definition) is 3. The van der Waals surface area contributed by atoms with E-state index in [4.69, 9.17) is 8.83 Å². The van der Waals surface area contributed by atoms with E-state index in [1.807, 2.05) is 24.3 Å². The molecular formula is C52H33NO2. The smallest absolute Gasteiger partial charge is 0.137 e. The molecule has 9 aromatic carbocycles. The maximum Gasteiger partial charge on any atom is 0.137 e. The van der Waals surface area contributed by atoms with Gasteiger partial charge in [-0.25, -0.2) is 0 Å². The van der Waals surface area contributed by atoms with Crippen molar-refractivity contribution in [3.63, 3.8) is 0 Å². The molecular weight excluding hydrogens is 671 g/mol. The molecule has 0 N–H and O–H groups in total. The van der Waals surface area contributed by atoms with Crippen molar-refractivity contribution < 1.29 is 8.83 Å². The summed E-state index contributed by atoms with van der Waals surface area (Å²) in [4.78, 5) is 2.34. The standard InChI is InChI=1S/C52H33NO2/c1-2-14-42-36(10-1)11-8-17-43(42)39-13-7-12-37(32-39)34-22-27-40(28-23-34)53(47-18-9-21-51-52(47)45-16-4-6-20-49(45)55-51)41-29-24-35(25-30-41)38-26-31-50-46(33-38)44-15-3-5-19-48(44)54-50/h1-33H. The summed E-state index contributed by atoms with van der Waals surface area (Å²) in [6.45, 7) is 0. The zero-order valence-electron chi connectivity index (χ0n) is 29.8. The van der Waals surface area contributed by atoms with Gasteiger partial charge in [0, 0.05) is 27.5 Å². The van der Waals surface area contributed by atoms with E-state index in [-0.39, 0.29) is 0 Å². The number of anilines is 3. The van der Waals surface area contributed by atoms with Gasteiger partial charge in [0.25, 0.3) is 0 Å². The maximum atomic E-state index is 6.37. The summed E-state index contributed by atoms with van der Waals surface area (Å²) in [6, 6.07) is 71.1. The first-order chi connectivity index (χ1) is 27.2. The van der Waals surface area contributed by atoms with Crippen LogP contribution in [-0.2, 0) is 0 Å². The van der Waals surface area contributed by atoms with Crippen LogP contribution in [-0.4, -0.2) is 0 Å². The van der Waals surface area contributed by atoms with Gasteiger partial charge in [0.1, 0.15) is 22.3 Å². The van der Waals surface area contributed by atoms with Crippen LogP contribution in [0.2, 0.25) is 0 Å². The average molecular weight is 704 g/mol. The normalized spacial score (nSPS) is 11.6. The molecule has 3 nitrogen and oxygen atoms in total. The number of hydrogen-bond donors (Lipinski definition) is 0. The Hall–Kier alpha value is -7.36. The van der Waals surface area contributed by atoms with Crippen LogP contribution in [0, 0.1) is 0 Å². The second kappa shape index (κ2) is 12.6. The topological polar surface area (TPSA) is 29.5 Å². The van der Waals surface area contributed by atoms with Gasteiger partial charge in [-0.15, -0.1) is 0 Å². The molecule has 0 amide bonds. The van der Waals surface area contributed by atoms with Gasteiger partial charge in [0.2, 0.25) is 0 Å². The van der Waals surface area contributed by atoms with Crippen LogP contribution in [0.15, 0.2) is 209 Å². The minimum absolute atomic E-state index is 0.864. The molecule has 0 saturated carbocycles. The molecule has 0 bridgehead atoms. The molecule has 0 aliphatic rings. The predicted octanol–water partition coefficient (Wildman–Crippen LogP) is 15.1. The van der Waals surface area contributed by atoms with Crippen molar-refractivity contribution >= 4 is 71.7 Å². The summed E-state index contributed by atoms with van der Waals surface area (Å²) < 4.78 is 12.5. The molecule has 2 heterocycles. The number of fused-ring (bicyclic) bond motifs is 7. The van der Waals surface area contributed by atoms with E-state index in [0.717, 1.165) is 77.6 Å². The molecule has 3 heteroatoms. The predicted molar refractivity (Wildman–Crippen MR) is 229 cm³/mol. The lowest BCUT2D eigenvalue weighted by Crippen LogP contribution is -2.10. The highest BCUT2D eigenvalue weighted by Gasteiger charge is 2.20. The highest BCUT2D eigenvalue weighted by atomic mass is 16.3. The second-order valence-corrected chi connectivity index (χ2v) is 14.1. The molecule has 0 spiro atoms. The summed E-state index contributed by atoms with van der Waals surface area (Å²) >= 11 is 0. The van der Waals surface area contributed by atoms with Crippen LogP contribution in [0.1, 0.15) is 0 Å².